The van der Waals surface area contributed by atoms with Gasteiger partial charge in [-0.05, 0) is 24.6 Å². The maximum absolute atomic E-state index is 12.6. The number of hydrogen-bond donors (Lipinski definition) is 1. The van der Waals surface area contributed by atoms with Gasteiger partial charge in [0.15, 0.2) is 0 Å². The molecule has 0 aromatic heterocycles. The summed E-state index contributed by atoms with van der Waals surface area (Å²) >= 11 is 0. The summed E-state index contributed by atoms with van der Waals surface area (Å²) in [6.45, 7) is 6.51. The van der Waals surface area contributed by atoms with Crippen molar-refractivity contribution in [1.29, 1.82) is 0 Å². The van der Waals surface area contributed by atoms with Crippen LogP contribution in [-0.2, 0) is 6.54 Å². The highest BCUT2D eigenvalue weighted by Crippen LogP contribution is 2.21. The van der Waals surface area contributed by atoms with Crippen LogP contribution in [0, 0.1) is 6.92 Å². The van der Waals surface area contributed by atoms with Crippen LogP contribution in [-0.4, -0.2) is 22.5 Å². The highest BCUT2D eigenvalue weighted by atomic mass is 16.3. The van der Waals surface area contributed by atoms with Crippen molar-refractivity contribution >= 4 is 5.91 Å². The zero-order chi connectivity index (χ0) is 15.2. The predicted octanol–water partition coefficient (Wildman–Crippen LogP) is 3.53. The highest BCUT2D eigenvalue weighted by Gasteiger charge is 2.18. The van der Waals surface area contributed by atoms with Gasteiger partial charge in [0, 0.05) is 13.1 Å². The van der Waals surface area contributed by atoms with Crippen LogP contribution in [0.1, 0.15) is 21.5 Å². The van der Waals surface area contributed by atoms with Crippen LogP contribution in [0.3, 0.4) is 0 Å². The average molecular weight is 281 g/mol. The summed E-state index contributed by atoms with van der Waals surface area (Å²) in [6.07, 6.45) is 1.69. The van der Waals surface area contributed by atoms with Crippen molar-refractivity contribution in [2.45, 2.75) is 13.5 Å². The van der Waals surface area contributed by atoms with E-state index in [9.17, 15) is 9.90 Å². The van der Waals surface area contributed by atoms with Gasteiger partial charge in [0.05, 0.1) is 5.56 Å². The van der Waals surface area contributed by atoms with Crippen molar-refractivity contribution in [2.75, 3.05) is 6.54 Å². The van der Waals surface area contributed by atoms with Gasteiger partial charge in [-0.3, -0.25) is 4.79 Å². The van der Waals surface area contributed by atoms with Gasteiger partial charge in [-0.25, -0.2) is 0 Å². The molecule has 1 N–H and O–H groups in total. The van der Waals surface area contributed by atoms with E-state index in [0.29, 0.717) is 18.7 Å². The number of nitrogens with zero attached hydrogens (tertiary/aromatic N) is 1. The Morgan fingerprint density at radius 1 is 1.24 bits per heavy atom. The molecule has 2 rings (SSSR count). The molecule has 3 nitrogen and oxygen atoms in total. The number of carbonyl (C=O) groups excluding carboxylic acids is 1. The maximum atomic E-state index is 12.6. The minimum Gasteiger partial charge on any atom is -0.507 e. The second-order valence-electron chi connectivity index (χ2n) is 4.98. The van der Waals surface area contributed by atoms with E-state index in [-0.39, 0.29) is 11.7 Å². The number of aryl methyl sites for hydroxylation is 1. The van der Waals surface area contributed by atoms with E-state index in [0.717, 1.165) is 11.1 Å². The molecule has 0 saturated carbocycles. The monoisotopic (exact) mass is 281 g/mol. The molecule has 21 heavy (non-hydrogen) atoms. The molecule has 0 aliphatic rings. The molecule has 0 aliphatic heterocycles. The quantitative estimate of drug-likeness (QED) is 0.852. The number of amides is 1. The first-order valence-corrected chi connectivity index (χ1v) is 6.85. The molecule has 2 aromatic carbocycles. The van der Waals surface area contributed by atoms with E-state index in [4.69, 9.17) is 0 Å². The third kappa shape index (κ3) is 3.72. The van der Waals surface area contributed by atoms with Gasteiger partial charge in [-0.15, -0.1) is 6.58 Å². The smallest absolute Gasteiger partial charge is 0.258 e. The number of phenolic OH excluding ortho intramolecular Hbond substituents is 1. The fourth-order valence-electron chi connectivity index (χ4n) is 2.17. The van der Waals surface area contributed by atoms with E-state index in [1.54, 1.807) is 29.2 Å². The van der Waals surface area contributed by atoms with Crippen molar-refractivity contribution < 1.29 is 9.90 Å². The number of hydrogen-bond acceptors (Lipinski definition) is 2. The first-order valence-electron chi connectivity index (χ1n) is 6.85. The van der Waals surface area contributed by atoms with Crippen LogP contribution in [0.4, 0.5) is 0 Å². The zero-order valence-corrected chi connectivity index (χ0v) is 12.1. The maximum Gasteiger partial charge on any atom is 0.258 e. The van der Waals surface area contributed by atoms with Crippen molar-refractivity contribution in [1.82, 2.24) is 4.90 Å². The Hall–Kier alpha value is -2.55. The van der Waals surface area contributed by atoms with E-state index in [2.05, 4.69) is 6.58 Å². The lowest BCUT2D eigenvalue weighted by Crippen LogP contribution is -2.30. The molecule has 1 amide bonds. The highest BCUT2D eigenvalue weighted by molar-refractivity contribution is 5.97. The zero-order valence-electron chi connectivity index (χ0n) is 12.1. The van der Waals surface area contributed by atoms with Crippen LogP contribution < -0.4 is 0 Å². The van der Waals surface area contributed by atoms with Gasteiger partial charge in [0.1, 0.15) is 5.75 Å². The predicted molar refractivity (Wildman–Crippen MR) is 84.2 cm³/mol. The van der Waals surface area contributed by atoms with E-state index in [1.165, 1.54) is 0 Å². The SMILES string of the molecule is C=CCN(Cc1ccccc1)C(=O)c1cc(C)ccc1O. The molecule has 0 saturated heterocycles. The molecule has 2 aromatic rings. The van der Waals surface area contributed by atoms with Gasteiger partial charge in [0.25, 0.3) is 5.91 Å². The Morgan fingerprint density at radius 3 is 2.62 bits per heavy atom. The molecule has 0 bridgehead atoms. The average Bonchev–Trinajstić information content (AvgIpc) is 2.49. The largest absolute Gasteiger partial charge is 0.507 e. The summed E-state index contributed by atoms with van der Waals surface area (Å²) in [5.74, 6) is -0.187. The first kappa shape index (κ1) is 14.9. The number of carbonyl (C=O) groups is 1. The third-order valence-corrected chi connectivity index (χ3v) is 3.24. The number of aromatic hydroxyl groups is 1. The van der Waals surface area contributed by atoms with Crippen LogP contribution in [0.2, 0.25) is 0 Å². The lowest BCUT2D eigenvalue weighted by molar-refractivity contribution is 0.0759. The molecular formula is C18H19NO2. The van der Waals surface area contributed by atoms with Gasteiger partial charge in [-0.2, -0.15) is 0 Å². The van der Waals surface area contributed by atoms with E-state index in [1.807, 2.05) is 37.3 Å². The fraction of sp³-hybridized carbons (Fsp3) is 0.167. The molecule has 3 heteroatoms. The van der Waals surface area contributed by atoms with Crippen LogP contribution in [0.25, 0.3) is 0 Å². The molecule has 0 atom stereocenters. The molecule has 0 radical (unpaired) electrons. The molecule has 0 aliphatic carbocycles. The number of phenols is 1. The van der Waals surface area contributed by atoms with Gasteiger partial charge in [0.2, 0.25) is 0 Å². The molecule has 108 valence electrons. The van der Waals surface area contributed by atoms with Crippen molar-refractivity contribution in [3.05, 3.63) is 77.9 Å². The molecule has 0 spiro atoms. The topological polar surface area (TPSA) is 40.5 Å². The molecule has 0 unspecified atom stereocenters. The van der Waals surface area contributed by atoms with Gasteiger partial charge < -0.3 is 10.0 Å². The standard InChI is InChI=1S/C18H19NO2/c1-3-11-19(13-15-7-5-4-6-8-15)18(21)16-12-14(2)9-10-17(16)20/h3-10,12,20H,1,11,13H2,2H3. The Bertz CT molecular complexity index is 635. The summed E-state index contributed by atoms with van der Waals surface area (Å²) < 4.78 is 0. The van der Waals surface area contributed by atoms with Gasteiger partial charge >= 0.3 is 0 Å². The van der Waals surface area contributed by atoms with Gasteiger partial charge in [-0.1, -0.05) is 48.0 Å². The van der Waals surface area contributed by atoms with Crippen LogP contribution >= 0.6 is 0 Å². The second kappa shape index (κ2) is 6.75. The Balaban J connectivity index is 2.27. The minimum absolute atomic E-state index is 0.00715. The number of rotatable bonds is 5. The summed E-state index contributed by atoms with van der Waals surface area (Å²) in [4.78, 5) is 14.3. The summed E-state index contributed by atoms with van der Waals surface area (Å²) in [5, 5.41) is 9.92. The summed E-state index contributed by atoms with van der Waals surface area (Å²) in [7, 11) is 0. The normalized spacial score (nSPS) is 10.1. The second-order valence-corrected chi connectivity index (χ2v) is 4.98. The minimum atomic E-state index is -0.194. The van der Waals surface area contributed by atoms with Crippen LogP contribution in [0.15, 0.2) is 61.2 Å². The fourth-order valence-corrected chi connectivity index (χ4v) is 2.17. The third-order valence-electron chi connectivity index (χ3n) is 3.24. The summed E-state index contributed by atoms with van der Waals surface area (Å²) in [6, 6.07) is 14.8. The lowest BCUT2D eigenvalue weighted by atomic mass is 10.1. The van der Waals surface area contributed by atoms with Crippen molar-refractivity contribution in [3.8, 4) is 5.75 Å². The van der Waals surface area contributed by atoms with Crippen LogP contribution in [0.5, 0.6) is 5.75 Å². The molecule has 0 fully saturated rings. The Kier molecular flexibility index (Phi) is 4.77. The van der Waals surface area contributed by atoms with E-state index >= 15 is 0 Å². The summed E-state index contributed by atoms with van der Waals surface area (Å²) in [5.41, 5.74) is 2.31. The van der Waals surface area contributed by atoms with Crippen molar-refractivity contribution in [2.24, 2.45) is 0 Å². The Morgan fingerprint density at radius 2 is 1.95 bits per heavy atom. The first-order chi connectivity index (χ1) is 10.1. The molecule has 0 heterocycles. The molecular weight excluding hydrogens is 262 g/mol. The Labute approximate surface area is 125 Å². The van der Waals surface area contributed by atoms with E-state index < -0.39 is 0 Å². The van der Waals surface area contributed by atoms with Crippen molar-refractivity contribution in [3.63, 3.8) is 0 Å². The lowest BCUT2D eigenvalue weighted by Gasteiger charge is -2.22. The number of benzene rings is 2.